The average Bonchev–Trinajstić information content (AvgIpc) is 2.37. The lowest BCUT2D eigenvalue weighted by Gasteiger charge is -2.34. The van der Waals surface area contributed by atoms with Gasteiger partial charge in [-0.25, -0.2) is 0 Å². The summed E-state index contributed by atoms with van der Waals surface area (Å²) in [6, 6.07) is -0.328. The number of nitrogens with zero attached hydrogens (tertiary/aromatic N) is 1. The Bertz CT molecular complexity index is 283. The quantitative estimate of drug-likeness (QED) is 0.611. The monoisotopic (exact) mass is 258 g/mol. The van der Waals surface area contributed by atoms with Crippen LogP contribution in [0.1, 0.15) is 19.8 Å². The molecule has 1 N–H and O–H groups in total. The summed E-state index contributed by atoms with van der Waals surface area (Å²) in [5.41, 5.74) is 0. The molecule has 0 bridgehead atoms. The van der Waals surface area contributed by atoms with Crippen molar-refractivity contribution < 1.29 is 19.1 Å². The van der Waals surface area contributed by atoms with Crippen molar-refractivity contribution in [1.29, 1.82) is 0 Å². The van der Waals surface area contributed by atoms with Crippen LogP contribution in [0.4, 0.5) is 0 Å². The van der Waals surface area contributed by atoms with Crippen LogP contribution in [0.5, 0.6) is 0 Å². The van der Waals surface area contributed by atoms with Crippen molar-refractivity contribution >= 4 is 11.8 Å². The lowest BCUT2D eigenvalue weighted by molar-refractivity contribution is -0.145. The molecule has 1 heterocycles. The number of methoxy groups -OCH3 is 1. The third-order valence-corrected chi connectivity index (χ3v) is 2.92. The van der Waals surface area contributed by atoms with E-state index in [4.69, 9.17) is 9.47 Å². The normalized spacial score (nSPS) is 20.1. The highest BCUT2D eigenvalue weighted by Crippen LogP contribution is 2.10. The molecular weight excluding hydrogens is 236 g/mol. The van der Waals surface area contributed by atoms with E-state index in [1.807, 2.05) is 6.92 Å². The van der Waals surface area contributed by atoms with E-state index in [1.54, 1.807) is 12.0 Å². The molecule has 6 heteroatoms. The number of hydrogen-bond donors (Lipinski definition) is 1. The van der Waals surface area contributed by atoms with Crippen LogP contribution in [0.2, 0.25) is 0 Å². The third kappa shape index (κ3) is 4.27. The fraction of sp³-hybridized carbons (Fsp3) is 0.833. The molecule has 0 aromatic heterocycles. The highest BCUT2D eigenvalue weighted by atomic mass is 16.5. The molecule has 1 fully saturated rings. The molecule has 0 aliphatic carbocycles. The van der Waals surface area contributed by atoms with E-state index in [1.165, 1.54) is 0 Å². The molecule has 0 radical (unpaired) electrons. The summed E-state index contributed by atoms with van der Waals surface area (Å²) in [6.45, 7) is 4.29. The summed E-state index contributed by atoms with van der Waals surface area (Å²) < 4.78 is 10.2. The molecule has 6 nitrogen and oxygen atoms in total. The van der Waals surface area contributed by atoms with Crippen LogP contribution in [-0.4, -0.2) is 62.8 Å². The predicted molar refractivity (Wildman–Crippen MR) is 66.1 cm³/mol. The predicted octanol–water partition coefficient (Wildman–Crippen LogP) is -0.223. The molecule has 0 aromatic rings. The summed E-state index contributed by atoms with van der Waals surface area (Å²) in [5, 5.41) is 2.60. The number of piperazine rings is 1. The average molecular weight is 258 g/mol. The second-order valence-electron chi connectivity index (χ2n) is 4.19. The standard InChI is InChI=1S/C12H22N2O4/c1-3-10-12(16)13-9-11(15)14(10)5-4-6-18-8-7-17-2/h10H,3-9H2,1-2H3,(H,13,16). The largest absolute Gasteiger partial charge is 0.382 e. The second kappa shape index (κ2) is 8.05. The maximum absolute atomic E-state index is 11.7. The third-order valence-electron chi connectivity index (χ3n) is 2.92. The Morgan fingerprint density at radius 2 is 2.11 bits per heavy atom. The van der Waals surface area contributed by atoms with E-state index >= 15 is 0 Å². The van der Waals surface area contributed by atoms with Gasteiger partial charge in [0.1, 0.15) is 6.04 Å². The number of nitrogens with one attached hydrogen (secondary N) is 1. The number of rotatable bonds is 8. The van der Waals surface area contributed by atoms with Gasteiger partial charge in [0.25, 0.3) is 0 Å². The highest BCUT2D eigenvalue weighted by molar-refractivity contribution is 5.94. The van der Waals surface area contributed by atoms with E-state index in [-0.39, 0.29) is 24.4 Å². The Hall–Kier alpha value is -1.14. The van der Waals surface area contributed by atoms with Gasteiger partial charge in [-0.2, -0.15) is 0 Å². The summed E-state index contributed by atoms with van der Waals surface area (Å²) in [6.07, 6.45) is 1.38. The number of carbonyl (C=O) groups excluding carboxylic acids is 2. The van der Waals surface area contributed by atoms with Gasteiger partial charge in [-0.05, 0) is 12.8 Å². The van der Waals surface area contributed by atoms with Crippen LogP contribution in [-0.2, 0) is 19.1 Å². The molecule has 0 aromatic carbocycles. The van der Waals surface area contributed by atoms with Crippen molar-refractivity contribution in [2.75, 3.05) is 40.0 Å². The number of ether oxygens (including phenoxy) is 2. The first kappa shape index (κ1) is 14.9. The Labute approximate surface area is 108 Å². The van der Waals surface area contributed by atoms with E-state index in [0.717, 1.165) is 6.42 Å². The maximum atomic E-state index is 11.7. The van der Waals surface area contributed by atoms with Crippen molar-refractivity contribution in [3.63, 3.8) is 0 Å². The molecule has 104 valence electrons. The fourth-order valence-electron chi connectivity index (χ4n) is 1.97. The van der Waals surface area contributed by atoms with Crippen molar-refractivity contribution in [3.05, 3.63) is 0 Å². The van der Waals surface area contributed by atoms with E-state index in [0.29, 0.717) is 32.8 Å². The van der Waals surface area contributed by atoms with E-state index < -0.39 is 0 Å². The fourth-order valence-corrected chi connectivity index (χ4v) is 1.97. The van der Waals surface area contributed by atoms with Crippen LogP contribution in [0, 0.1) is 0 Å². The molecule has 1 atom stereocenters. The van der Waals surface area contributed by atoms with Gasteiger partial charge >= 0.3 is 0 Å². The Morgan fingerprint density at radius 3 is 2.78 bits per heavy atom. The van der Waals surface area contributed by atoms with Crippen molar-refractivity contribution in [2.24, 2.45) is 0 Å². The first-order valence-electron chi connectivity index (χ1n) is 6.34. The van der Waals surface area contributed by atoms with Gasteiger partial charge in [-0.1, -0.05) is 6.92 Å². The Balaban J connectivity index is 2.29. The van der Waals surface area contributed by atoms with Gasteiger partial charge < -0.3 is 19.7 Å². The van der Waals surface area contributed by atoms with Gasteiger partial charge in [-0.15, -0.1) is 0 Å². The number of hydrogen-bond acceptors (Lipinski definition) is 4. The molecular formula is C12H22N2O4. The first-order chi connectivity index (χ1) is 8.70. The zero-order chi connectivity index (χ0) is 13.4. The minimum absolute atomic E-state index is 0.0154. The van der Waals surface area contributed by atoms with E-state index in [9.17, 15) is 9.59 Å². The number of carbonyl (C=O) groups is 2. The SMILES string of the molecule is CCC1C(=O)NCC(=O)N1CCCOCCOC. The lowest BCUT2D eigenvalue weighted by Crippen LogP contribution is -2.58. The van der Waals surface area contributed by atoms with Gasteiger partial charge in [0.2, 0.25) is 11.8 Å². The van der Waals surface area contributed by atoms with E-state index in [2.05, 4.69) is 5.32 Å². The second-order valence-corrected chi connectivity index (χ2v) is 4.19. The molecule has 1 unspecified atom stereocenters. The van der Waals surface area contributed by atoms with Crippen LogP contribution in [0.15, 0.2) is 0 Å². The Morgan fingerprint density at radius 1 is 1.33 bits per heavy atom. The van der Waals surface area contributed by atoms with Crippen molar-refractivity contribution in [3.8, 4) is 0 Å². The highest BCUT2D eigenvalue weighted by Gasteiger charge is 2.32. The van der Waals surface area contributed by atoms with Crippen LogP contribution in [0.25, 0.3) is 0 Å². The zero-order valence-corrected chi connectivity index (χ0v) is 11.1. The maximum Gasteiger partial charge on any atom is 0.243 e. The minimum Gasteiger partial charge on any atom is -0.382 e. The van der Waals surface area contributed by atoms with Gasteiger partial charge in [0.05, 0.1) is 19.8 Å². The van der Waals surface area contributed by atoms with Crippen LogP contribution < -0.4 is 5.32 Å². The van der Waals surface area contributed by atoms with Crippen LogP contribution >= 0.6 is 0 Å². The summed E-state index contributed by atoms with van der Waals surface area (Å²) in [4.78, 5) is 25.0. The van der Waals surface area contributed by atoms with Gasteiger partial charge in [0.15, 0.2) is 0 Å². The van der Waals surface area contributed by atoms with Crippen molar-refractivity contribution in [2.45, 2.75) is 25.8 Å². The lowest BCUT2D eigenvalue weighted by atomic mass is 10.1. The topological polar surface area (TPSA) is 67.9 Å². The molecule has 2 amide bonds. The van der Waals surface area contributed by atoms with Gasteiger partial charge in [0, 0.05) is 20.3 Å². The minimum atomic E-state index is -0.328. The smallest absolute Gasteiger partial charge is 0.243 e. The molecule has 1 saturated heterocycles. The van der Waals surface area contributed by atoms with Crippen molar-refractivity contribution in [1.82, 2.24) is 10.2 Å². The molecule has 0 spiro atoms. The number of amides is 2. The molecule has 1 aliphatic rings. The molecule has 18 heavy (non-hydrogen) atoms. The molecule has 0 saturated carbocycles. The zero-order valence-electron chi connectivity index (χ0n) is 11.1. The summed E-state index contributed by atoms with van der Waals surface area (Å²) >= 11 is 0. The summed E-state index contributed by atoms with van der Waals surface area (Å²) in [5.74, 6) is -0.0734. The molecule has 1 rings (SSSR count). The van der Waals surface area contributed by atoms with Crippen LogP contribution in [0.3, 0.4) is 0 Å². The summed E-state index contributed by atoms with van der Waals surface area (Å²) in [7, 11) is 1.63. The molecule has 1 aliphatic heterocycles. The van der Waals surface area contributed by atoms with Gasteiger partial charge in [-0.3, -0.25) is 9.59 Å². The Kier molecular flexibility index (Phi) is 6.67. The first-order valence-corrected chi connectivity index (χ1v) is 6.34.